The van der Waals surface area contributed by atoms with E-state index in [2.05, 4.69) is 26.6 Å². The van der Waals surface area contributed by atoms with Crippen LogP contribution in [0.4, 0.5) is 10.5 Å². The number of carbonyl (C=O) groups is 3. The Labute approximate surface area is 175 Å². The molecule has 9 heteroatoms. The number of aromatic hydroxyl groups is 1. The summed E-state index contributed by atoms with van der Waals surface area (Å²) in [6.45, 7) is 1.48. The lowest BCUT2D eigenvalue weighted by molar-refractivity contribution is -0.127. The minimum Gasteiger partial charge on any atom is -0.504 e. The van der Waals surface area contributed by atoms with Crippen molar-refractivity contribution in [2.45, 2.75) is 6.92 Å². The number of carbonyl (C=O) groups excluding carboxylic acids is 3. The molecule has 0 atom stereocenters. The molecule has 0 aromatic heterocycles. The largest absolute Gasteiger partial charge is 0.504 e. The van der Waals surface area contributed by atoms with Crippen molar-refractivity contribution in [3.05, 3.63) is 57.7 Å². The Balaban J connectivity index is 1.76. The third-order valence-corrected chi connectivity index (χ3v) is 4.65. The van der Waals surface area contributed by atoms with E-state index in [-0.39, 0.29) is 22.8 Å². The Morgan fingerprint density at radius 2 is 1.97 bits per heavy atom. The Kier molecular flexibility index (Phi) is 5.88. The highest BCUT2D eigenvalue weighted by atomic mass is 79.9. The number of urea groups is 1. The van der Waals surface area contributed by atoms with Gasteiger partial charge in [-0.25, -0.2) is 9.69 Å². The molecule has 2 aromatic rings. The summed E-state index contributed by atoms with van der Waals surface area (Å²) in [6, 6.07) is 9.54. The number of amides is 4. The van der Waals surface area contributed by atoms with Crippen LogP contribution in [0.1, 0.15) is 11.1 Å². The number of phenolic OH excluding ortho intramolecular Hbond substituents is 1. The van der Waals surface area contributed by atoms with E-state index in [0.717, 1.165) is 10.5 Å². The summed E-state index contributed by atoms with van der Waals surface area (Å²) < 4.78 is 5.69. The zero-order chi connectivity index (χ0) is 21.1. The van der Waals surface area contributed by atoms with Crippen LogP contribution in [0.15, 0.2) is 46.6 Å². The first kappa shape index (κ1) is 20.4. The molecule has 0 spiro atoms. The number of nitrogens with zero attached hydrogens (tertiary/aromatic N) is 1. The third-order valence-electron chi connectivity index (χ3n) is 4.19. The van der Waals surface area contributed by atoms with Crippen LogP contribution in [0, 0.1) is 6.92 Å². The maximum absolute atomic E-state index is 12.6. The molecule has 1 aliphatic heterocycles. The van der Waals surface area contributed by atoms with Crippen LogP contribution in [0.25, 0.3) is 6.08 Å². The van der Waals surface area contributed by atoms with Gasteiger partial charge in [-0.3, -0.25) is 9.59 Å². The van der Waals surface area contributed by atoms with Crippen LogP contribution in [-0.4, -0.2) is 41.5 Å². The van der Waals surface area contributed by atoms with Gasteiger partial charge in [-0.05, 0) is 37.3 Å². The summed E-state index contributed by atoms with van der Waals surface area (Å²) in [7, 11) is 1.40. The lowest BCUT2D eigenvalue weighted by Crippen LogP contribution is -2.38. The van der Waals surface area contributed by atoms with E-state index >= 15 is 0 Å². The molecule has 1 saturated heterocycles. The molecule has 3 N–H and O–H groups in total. The second-order valence-electron chi connectivity index (χ2n) is 6.34. The molecule has 0 aliphatic carbocycles. The van der Waals surface area contributed by atoms with Crippen LogP contribution in [0.3, 0.4) is 0 Å². The van der Waals surface area contributed by atoms with E-state index in [1.54, 1.807) is 24.3 Å². The average molecular weight is 460 g/mol. The molecular weight excluding hydrogens is 442 g/mol. The van der Waals surface area contributed by atoms with Crippen molar-refractivity contribution in [2.75, 3.05) is 19.0 Å². The van der Waals surface area contributed by atoms with Crippen LogP contribution in [0.5, 0.6) is 11.5 Å². The van der Waals surface area contributed by atoms with Gasteiger partial charge >= 0.3 is 6.03 Å². The van der Waals surface area contributed by atoms with Gasteiger partial charge in [0.25, 0.3) is 5.91 Å². The molecule has 0 saturated carbocycles. The Morgan fingerprint density at radius 3 is 2.62 bits per heavy atom. The number of hydrogen-bond donors (Lipinski definition) is 3. The fourth-order valence-electron chi connectivity index (χ4n) is 2.71. The van der Waals surface area contributed by atoms with Gasteiger partial charge in [-0.2, -0.15) is 0 Å². The second-order valence-corrected chi connectivity index (χ2v) is 7.26. The Morgan fingerprint density at radius 1 is 1.28 bits per heavy atom. The lowest BCUT2D eigenvalue weighted by atomic mass is 10.1. The molecule has 1 aliphatic rings. The Bertz CT molecular complexity index is 1020. The fourth-order valence-corrected chi connectivity index (χ4v) is 3.17. The normalized spacial score (nSPS) is 14.9. The SMILES string of the molecule is COc1cc(Br)cc(/C=C2/NC(=O)N(CC(=O)Nc3ccc(C)cc3)C2=O)c1O. The number of phenols is 1. The number of imide groups is 1. The summed E-state index contributed by atoms with van der Waals surface area (Å²) in [5, 5.41) is 15.3. The van der Waals surface area contributed by atoms with Gasteiger partial charge in [0.1, 0.15) is 12.2 Å². The molecule has 150 valence electrons. The number of methoxy groups -OCH3 is 1. The highest BCUT2D eigenvalue weighted by molar-refractivity contribution is 9.10. The first-order valence-electron chi connectivity index (χ1n) is 8.56. The number of halogens is 1. The predicted octanol–water partition coefficient (Wildman–Crippen LogP) is 3.00. The van der Waals surface area contributed by atoms with E-state index < -0.39 is 24.4 Å². The number of benzene rings is 2. The highest BCUT2D eigenvalue weighted by Gasteiger charge is 2.35. The van der Waals surface area contributed by atoms with E-state index in [1.807, 2.05) is 19.1 Å². The second kappa shape index (κ2) is 8.36. The molecule has 1 fully saturated rings. The monoisotopic (exact) mass is 459 g/mol. The van der Waals surface area contributed by atoms with Crippen molar-refractivity contribution >= 4 is 45.5 Å². The Hall–Kier alpha value is -3.33. The summed E-state index contributed by atoms with van der Waals surface area (Å²) in [4.78, 5) is 37.8. The first-order valence-corrected chi connectivity index (χ1v) is 9.35. The lowest BCUT2D eigenvalue weighted by Gasteiger charge is -2.12. The van der Waals surface area contributed by atoms with Gasteiger partial charge in [-0.1, -0.05) is 33.6 Å². The van der Waals surface area contributed by atoms with E-state index in [9.17, 15) is 19.5 Å². The van der Waals surface area contributed by atoms with E-state index in [4.69, 9.17) is 4.74 Å². The van der Waals surface area contributed by atoms with Crippen LogP contribution in [-0.2, 0) is 9.59 Å². The van der Waals surface area contributed by atoms with Crippen molar-refractivity contribution in [3.8, 4) is 11.5 Å². The van der Waals surface area contributed by atoms with Crippen LogP contribution in [0.2, 0.25) is 0 Å². The van der Waals surface area contributed by atoms with Crippen molar-refractivity contribution in [3.63, 3.8) is 0 Å². The molecule has 8 nitrogen and oxygen atoms in total. The number of ether oxygens (including phenoxy) is 1. The summed E-state index contributed by atoms with van der Waals surface area (Å²) >= 11 is 3.29. The van der Waals surface area contributed by atoms with Gasteiger partial charge in [0, 0.05) is 15.7 Å². The van der Waals surface area contributed by atoms with Crippen molar-refractivity contribution in [1.29, 1.82) is 0 Å². The summed E-state index contributed by atoms with van der Waals surface area (Å²) in [6.07, 6.45) is 1.32. The maximum Gasteiger partial charge on any atom is 0.329 e. The van der Waals surface area contributed by atoms with Crippen molar-refractivity contribution in [2.24, 2.45) is 0 Å². The number of aryl methyl sites for hydroxylation is 1. The van der Waals surface area contributed by atoms with Crippen molar-refractivity contribution < 1.29 is 24.2 Å². The predicted molar refractivity (Wildman–Crippen MR) is 110 cm³/mol. The molecular formula is C20H18BrN3O5. The van der Waals surface area contributed by atoms with Crippen LogP contribution >= 0.6 is 15.9 Å². The standard InChI is InChI=1S/C20H18BrN3O5/c1-11-3-5-14(6-4-11)22-17(25)10-24-19(27)15(23-20(24)28)8-12-7-13(21)9-16(29-2)18(12)26/h3-9,26H,10H2,1-2H3,(H,22,25)(H,23,28)/b15-8+. The van der Waals surface area contributed by atoms with Crippen LogP contribution < -0.4 is 15.4 Å². The van der Waals surface area contributed by atoms with E-state index in [1.165, 1.54) is 13.2 Å². The molecule has 0 unspecified atom stereocenters. The molecule has 0 bridgehead atoms. The quantitative estimate of drug-likeness (QED) is 0.470. The number of anilines is 1. The average Bonchev–Trinajstić information content (AvgIpc) is 2.93. The molecule has 1 heterocycles. The molecule has 29 heavy (non-hydrogen) atoms. The topological polar surface area (TPSA) is 108 Å². The number of hydrogen-bond acceptors (Lipinski definition) is 5. The highest BCUT2D eigenvalue weighted by Crippen LogP contribution is 2.35. The first-order chi connectivity index (χ1) is 13.8. The van der Waals surface area contributed by atoms with Gasteiger partial charge in [0.05, 0.1) is 7.11 Å². The van der Waals surface area contributed by atoms with Crippen molar-refractivity contribution in [1.82, 2.24) is 10.2 Å². The minimum atomic E-state index is -0.721. The maximum atomic E-state index is 12.6. The van der Waals surface area contributed by atoms with Gasteiger partial charge < -0.3 is 20.5 Å². The zero-order valence-corrected chi connectivity index (χ0v) is 17.2. The summed E-state index contributed by atoms with van der Waals surface area (Å²) in [5.41, 5.74) is 1.81. The molecule has 2 aromatic carbocycles. The zero-order valence-electron chi connectivity index (χ0n) is 15.7. The molecule has 0 radical (unpaired) electrons. The molecule has 4 amide bonds. The number of rotatable bonds is 5. The smallest absolute Gasteiger partial charge is 0.329 e. The minimum absolute atomic E-state index is 0.0615. The van der Waals surface area contributed by atoms with Gasteiger partial charge in [0.2, 0.25) is 5.91 Å². The van der Waals surface area contributed by atoms with Gasteiger partial charge in [0.15, 0.2) is 11.5 Å². The third kappa shape index (κ3) is 4.57. The summed E-state index contributed by atoms with van der Waals surface area (Å²) in [5.74, 6) is -1.16. The van der Waals surface area contributed by atoms with Gasteiger partial charge in [-0.15, -0.1) is 0 Å². The molecule has 3 rings (SSSR count). The number of nitrogens with one attached hydrogen (secondary N) is 2. The van der Waals surface area contributed by atoms with E-state index in [0.29, 0.717) is 10.2 Å². The fraction of sp³-hybridized carbons (Fsp3) is 0.150.